The molecule has 0 spiro atoms. The number of tetrazole rings is 1. The molecule has 12 heavy (non-hydrogen) atoms. The second-order valence-corrected chi connectivity index (χ2v) is 2.47. The minimum absolute atomic E-state index is 0.0204. The summed E-state index contributed by atoms with van der Waals surface area (Å²) in [7, 11) is 0. The van der Waals surface area contributed by atoms with Crippen molar-refractivity contribution in [3.63, 3.8) is 0 Å². The summed E-state index contributed by atoms with van der Waals surface area (Å²) in [6.07, 6.45) is 0. The number of hydrogen-bond acceptors (Lipinski definition) is 4. The van der Waals surface area contributed by atoms with Crippen LogP contribution in [0.3, 0.4) is 0 Å². The third-order valence-electron chi connectivity index (χ3n) is 0.989. The van der Waals surface area contributed by atoms with Crippen LogP contribution in [-0.2, 0) is 0 Å². The van der Waals surface area contributed by atoms with E-state index in [4.69, 9.17) is 11.6 Å². The molecule has 0 atom stereocenters. The van der Waals surface area contributed by atoms with E-state index in [1.54, 1.807) is 0 Å². The van der Waals surface area contributed by atoms with Gasteiger partial charge in [0.25, 0.3) is 11.7 Å². The summed E-state index contributed by atoms with van der Waals surface area (Å²) in [5.74, 6) is -0.460. The zero-order valence-electron chi connectivity index (χ0n) is 6.04. The summed E-state index contributed by atoms with van der Waals surface area (Å²) in [6, 6.07) is 0. The standard InChI is InChI=1S/C5H6ClN5O/c1-3(6)2-7-5(12)4-8-10-11-9-4/h1-2H2,(H,7,12)(H,8,9,10,11). The van der Waals surface area contributed by atoms with E-state index < -0.39 is 5.91 Å². The number of carbonyl (C=O) groups excluding carboxylic acids is 1. The highest BCUT2D eigenvalue weighted by Gasteiger charge is 2.08. The first-order chi connectivity index (χ1) is 5.70. The van der Waals surface area contributed by atoms with E-state index in [1.165, 1.54) is 0 Å². The Labute approximate surface area is 73.0 Å². The van der Waals surface area contributed by atoms with Gasteiger partial charge in [-0.2, -0.15) is 5.21 Å². The van der Waals surface area contributed by atoms with E-state index in [-0.39, 0.29) is 12.4 Å². The van der Waals surface area contributed by atoms with Gasteiger partial charge in [0.15, 0.2) is 0 Å². The summed E-state index contributed by atoms with van der Waals surface area (Å²) in [5, 5.41) is 15.1. The molecule has 0 fully saturated rings. The molecule has 0 saturated heterocycles. The molecule has 1 aromatic heterocycles. The molecule has 1 aromatic rings. The van der Waals surface area contributed by atoms with Gasteiger partial charge in [0.05, 0.1) is 6.54 Å². The van der Waals surface area contributed by atoms with Crippen molar-refractivity contribution in [3.05, 3.63) is 17.4 Å². The van der Waals surface area contributed by atoms with Gasteiger partial charge < -0.3 is 5.32 Å². The van der Waals surface area contributed by atoms with Crippen LogP contribution in [0.2, 0.25) is 0 Å². The van der Waals surface area contributed by atoms with Crippen LogP contribution in [0, 0.1) is 0 Å². The molecule has 0 bridgehead atoms. The van der Waals surface area contributed by atoms with Crippen molar-refractivity contribution in [1.29, 1.82) is 0 Å². The Morgan fingerprint density at radius 3 is 3.00 bits per heavy atom. The van der Waals surface area contributed by atoms with Crippen LogP contribution in [0.1, 0.15) is 10.6 Å². The fraction of sp³-hybridized carbons (Fsp3) is 0.200. The van der Waals surface area contributed by atoms with Gasteiger partial charge >= 0.3 is 0 Å². The number of H-pyrrole nitrogens is 1. The van der Waals surface area contributed by atoms with E-state index >= 15 is 0 Å². The number of amides is 1. The van der Waals surface area contributed by atoms with Gasteiger partial charge in [0, 0.05) is 5.03 Å². The normalized spacial score (nSPS) is 9.42. The highest BCUT2D eigenvalue weighted by molar-refractivity contribution is 6.29. The Bertz CT molecular complexity index is 282. The maximum absolute atomic E-state index is 11.0. The molecule has 0 radical (unpaired) electrons. The maximum atomic E-state index is 11.0. The van der Waals surface area contributed by atoms with Gasteiger partial charge in [0.2, 0.25) is 0 Å². The summed E-state index contributed by atoms with van der Waals surface area (Å²) in [4.78, 5) is 11.0. The maximum Gasteiger partial charge on any atom is 0.293 e. The number of carbonyl (C=O) groups is 1. The van der Waals surface area contributed by atoms with Crippen molar-refractivity contribution in [1.82, 2.24) is 25.9 Å². The molecule has 1 heterocycles. The molecule has 1 rings (SSSR count). The lowest BCUT2D eigenvalue weighted by Gasteiger charge is -1.97. The Balaban J connectivity index is 2.45. The zero-order chi connectivity index (χ0) is 8.97. The minimum atomic E-state index is -0.439. The van der Waals surface area contributed by atoms with Crippen LogP contribution in [0.4, 0.5) is 0 Å². The molecule has 0 aliphatic rings. The minimum Gasteiger partial charge on any atom is -0.344 e. The van der Waals surface area contributed by atoms with Crippen molar-refractivity contribution in [2.24, 2.45) is 0 Å². The van der Waals surface area contributed by atoms with Gasteiger partial charge in [-0.15, -0.1) is 10.2 Å². The number of aromatic amines is 1. The average Bonchev–Trinajstić information content (AvgIpc) is 2.51. The van der Waals surface area contributed by atoms with E-state index in [0.717, 1.165) is 0 Å². The first-order valence-electron chi connectivity index (χ1n) is 3.05. The molecule has 0 aliphatic carbocycles. The first-order valence-corrected chi connectivity index (χ1v) is 3.43. The molecule has 64 valence electrons. The van der Waals surface area contributed by atoms with Gasteiger partial charge in [-0.1, -0.05) is 18.2 Å². The van der Waals surface area contributed by atoms with Crippen LogP contribution in [0.25, 0.3) is 0 Å². The number of hydrogen-bond donors (Lipinski definition) is 2. The average molecular weight is 188 g/mol. The molecule has 0 saturated carbocycles. The second kappa shape index (κ2) is 3.82. The molecular weight excluding hydrogens is 182 g/mol. The Morgan fingerprint density at radius 1 is 1.75 bits per heavy atom. The molecule has 1 amide bonds. The van der Waals surface area contributed by atoms with Crippen molar-refractivity contribution >= 4 is 17.5 Å². The fourth-order valence-corrected chi connectivity index (χ4v) is 0.580. The smallest absolute Gasteiger partial charge is 0.293 e. The zero-order valence-corrected chi connectivity index (χ0v) is 6.80. The highest BCUT2D eigenvalue weighted by Crippen LogP contribution is 1.93. The van der Waals surface area contributed by atoms with Gasteiger partial charge in [-0.05, 0) is 5.21 Å². The second-order valence-electron chi connectivity index (χ2n) is 1.94. The van der Waals surface area contributed by atoms with Gasteiger partial charge in [-0.25, -0.2) is 0 Å². The quantitative estimate of drug-likeness (QED) is 0.680. The lowest BCUT2D eigenvalue weighted by atomic mass is 10.5. The van der Waals surface area contributed by atoms with E-state index in [2.05, 4.69) is 32.5 Å². The molecule has 0 aromatic carbocycles. The third-order valence-corrected chi connectivity index (χ3v) is 1.12. The number of nitrogens with one attached hydrogen (secondary N) is 2. The predicted molar refractivity (Wildman–Crippen MR) is 41.5 cm³/mol. The van der Waals surface area contributed by atoms with E-state index in [1.807, 2.05) is 0 Å². The summed E-state index contributed by atoms with van der Waals surface area (Å²) in [6.45, 7) is 3.58. The third kappa shape index (κ3) is 2.31. The number of aromatic nitrogens is 4. The summed E-state index contributed by atoms with van der Waals surface area (Å²) in [5.41, 5.74) is 0. The Hall–Kier alpha value is -1.43. The van der Waals surface area contributed by atoms with Crippen molar-refractivity contribution < 1.29 is 4.79 Å². The largest absolute Gasteiger partial charge is 0.344 e. The summed E-state index contributed by atoms with van der Waals surface area (Å²) >= 11 is 5.41. The first kappa shape index (κ1) is 8.66. The van der Waals surface area contributed by atoms with Crippen LogP contribution in [0.5, 0.6) is 0 Å². The van der Waals surface area contributed by atoms with Crippen molar-refractivity contribution in [2.75, 3.05) is 6.54 Å². The Kier molecular flexibility index (Phi) is 2.76. The predicted octanol–water partition coefficient (Wildman–Crippen LogP) is -0.318. The lowest BCUT2D eigenvalue weighted by Crippen LogP contribution is -2.25. The van der Waals surface area contributed by atoms with Crippen molar-refractivity contribution in [2.45, 2.75) is 0 Å². The fourth-order valence-electron chi connectivity index (χ4n) is 0.513. The topological polar surface area (TPSA) is 83.6 Å². The monoisotopic (exact) mass is 187 g/mol. The van der Waals surface area contributed by atoms with Gasteiger partial charge in [-0.3, -0.25) is 4.79 Å². The molecular formula is C5H6ClN5O. The summed E-state index contributed by atoms with van der Waals surface area (Å²) < 4.78 is 0. The SMILES string of the molecule is C=C(Cl)CNC(=O)c1nn[nH]n1. The van der Waals surface area contributed by atoms with Crippen LogP contribution >= 0.6 is 11.6 Å². The number of rotatable bonds is 3. The lowest BCUT2D eigenvalue weighted by molar-refractivity contribution is 0.0947. The molecule has 0 unspecified atom stereocenters. The van der Waals surface area contributed by atoms with Crippen LogP contribution < -0.4 is 5.32 Å². The number of nitrogens with zero attached hydrogens (tertiary/aromatic N) is 3. The van der Waals surface area contributed by atoms with Crippen molar-refractivity contribution in [3.8, 4) is 0 Å². The van der Waals surface area contributed by atoms with Crippen LogP contribution in [0.15, 0.2) is 11.6 Å². The molecule has 2 N–H and O–H groups in total. The van der Waals surface area contributed by atoms with E-state index in [9.17, 15) is 4.79 Å². The highest BCUT2D eigenvalue weighted by atomic mass is 35.5. The van der Waals surface area contributed by atoms with Crippen LogP contribution in [-0.4, -0.2) is 33.1 Å². The number of halogens is 1. The van der Waals surface area contributed by atoms with Gasteiger partial charge in [0.1, 0.15) is 0 Å². The molecule has 0 aliphatic heterocycles. The molecule has 6 nitrogen and oxygen atoms in total. The van der Waals surface area contributed by atoms with E-state index in [0.29, 0.717) is 5.03 Å². The Morgan fingerprint density at radius 2 is 2.50 bits per heavy atom. The molecule has 7 heteroatoms.